The lowest BCUT2D eigenvalue weighted by Gasteiger charge is -2.49. The predicted octanol–water partition coefficient (Wildman–Crippen LogP) is 3.55. The number of hydrogen-bond donors (Lipinski definition) is 5. The Morgan fingerprint density at radius 2 is 1.54 bits per heavy atom. The van der Waals surface area contributed by atoms with Crippen LogP contribution in [0.5, 0.6) is 0 Å². The normalized spacial score (nSPS) is 20.9. The van der Waals surface area contributed by atoms with Crippen LogP contribution in [-0.2, 0) is 4.74 Å². The zero-order valence-electron chi connectivity index (χ0n) is 23.2. The molecule has 3 unspecified atom stereocenters. The van der Waals surface area contributed by atoms with Crippen molar-refractivity contribution in [2.24, 2.45) is 5.73 Å². The number of hydrogen-bond acceptors (Lipinski definition) is 7. The molecular weight excluding hydrogens is 468 g/mol. The largest absolute Gasteiger partial charge is 0.396 e. The van der Waals surface area contributed by atoms with E-state index in [-0.39, 0.29) is 25.9 Å². The van der Waals surface area contributed by atoms with Crippen molar-refractivity contribution in [2.45, 2.75) is 70.4 Å². The standard InChI is InChI=1S/C29H51N4O4/c1-4-31-25-12-14-26(15-13-25)32(18-6-10-22-35)33(20-8-11-23-36,19-7-5-9-21-34)27-16-17-28(30)29(2,24-27)37-3/h12-17,24,28,31,34-36H,4-11,18-23,30H2,1-3H3/q+1. The molecule has 1 aliphatic rings. The van der Waals surface area contributed by atoms with E-state index < -0.39 is 5.60 Å². The SMILES string of the molecule is CCNc1ccc(N(CCCCO)[N+](CCCCO)(CCCCCO)C2=CC(C)(OC)C(N)C=C2)cc1. The van der Waals surface area contributed by atoms with Crippen LogP contribution in [0.15, 0.2) is 48.2 Å². The number of aliphatic hydroxyl groups is 3. The molecule has 0 spiro atoms. The van der Waals surface area contributed by atoms with E-state index >= 15 is 0 Å². The topological polar surface area (TPSA) is 111 Å². The van der Waals surface area contributed by atoms with Crippen LogP contribution in [0.2, 0.25) is 0 Å². The van der Waals surface area contributed by atoms with Gasteiger partial charge in [-0.05, 0) is 82.7 Å². The number of methoxy groups -OCH3 is 1. The van der Waals surface area contributed by atoms with Gasteiger partial charge in [-0.3, -0.25) is 0 Å². The summed E-state index contributed by atoms with van der Waals surface area (Å²) < 4.78 is 6.49. The van der Waals surface area contributed by atoms with Gasteiger partial charge in [0, 0.05) is 51.7 Å². The van der Waals surface area contributed by atoms with Gasteiger partial charge in [0.05, 0.1) is 18.3 Å². The summed E-state index contributed by atoms with van der Waals surface area (Å²) >= 11 is 0. The third-order valence-corrected chi connectivity index (χ3v) is 7.40. The fourth-order valence-corrected chi connectivity index (χ4v) is 5.05. The van der Waals surface area contributed by atoms with Gasteiger partial charge in [0.1, 0.15) is 18.7 Å². The Kier molecular flexibility index (Phi) is 13.6. The zero-order chi connectivity index (χ0) is 27.2. The van der Waals surface area contributed by atoms with Crippen LogP contribution in [0.4, 0.5) is 11.4 Å². The van der Waals surface area contributed by atoms with Crippen molar-refractivity contribution in [2.75, 3.05) is 63.4 Å². The minimum Gasteiger partial charge on any atom is -0.396 e. The van der Waals surface area contributed by atoms with Crippen LogP contribution in [-0.4, -0.2) is 84.7 Å². The molecule has 0 amide bonds. The number of allylic oxidation sites excluding steroid dienone is 1. The Bertz CT molecular complexity index is 832. The first-order valence-corrected chi connectivity index (χ1v) is 13.9. The molecule has 0 aromatic heterocycles. The van der Waals surface area contributed by atoms with Crippen molar-refractivity contribution in [3.8, 4) is 0 Å². The number of quaternary nitrogens is 1. The number of aliphatic hydroxyl groups excluding tert-OH is 3. The van der Waals surface area contributed by atoms with Gasteiger partial charge in [-0.2, -0.15) is 4.59 Å². The number of nitrogens with two attached hydrogens (primary N) is 1. The molecule has 0 aliphatic heterocycles. The van der Waals surface area contributed by atoms with Crippen LogP contribution < -0.4 is 16.1 Å². The molecule has 8 heteroatoms. The van der Waals surface area contributed by atoms with Crippen LogP contribution >= 0.6 is 0 Å². The number of benzene rings is 1. The highest BCUT2D eigenvalue weighted by Crippen LogP contribution is 2.36. The van der Waals surface area contributed by atoms with Crippen LogP contribution in [0.3, 0.4) is 0 Å². The molecule has 0 fully saturated rings. The minimum atomic E-state index is -0.638. The molecule has 0 bridgehead atoms. The quantitative estimate of drug-likeness (QED) is 0.108. The first kappa shape index (κ1) is 31.3. The summed E-state index contributed by atoms with van der Waals surface area (Å²) in [5.41, 5.74) is 9.12. The lowest BCUT2D eigenvalue weighted by Crippen LogP contribution is -2.62. The Morgan fingerprint density at radius 3 is 2.14 bits per heavy atom. The Morgan fingerprint density at radius 1 is 0.946 bits per heavy atom. The van der Waals surface area contributed by atoms with Crippen molar-refractivity contribution in [3.63, 3.8) is 0 Å². The molecule has 37 heavy (non-hydrogen) atoms. The van der Waals surface area contributed by atoms with Crippen molar-refractivity contribution >= 4 is 11.4 Å². The Hall–Kier alpha value is -1.94. The number of ether oxygens (including phenoxy) is 1. The molecule has 1 aromatic rings. The van der Waals surface area contributed by atoms with Gasteiger partial charge in [0.15, 0.2) is 5.70 Å². The number of unbranched alkanes of at least 4 members (excludes halogenated alkanes) is 4. The molecule has 210 valence electrons. The minimum absolute atomic E-state index is 0.155. The molecular formula is C29H51N4O4+. The number of nitrogens with one attached hydrogen (secondary N) is 1. The van der Waals surface area contributed by atoms with Crippen molar-refractivity contribution in [3.05, 3.63) is 48.2 Å². The Labute approximate surface area is 224 Å². The fourth-order valence-electron chi connectivity index (χ4n) is 5.05. The Balaban J connectivity index is 2.66. The number of anilines is 2. The first-order valence-electron chi connectivity index (χ1n) is 13.9. The van der Waals surface area contributed by atoms with Crippen molar-refractivity contribution in [1.29, 1.82) is 0 Å². The summed E-state index contributed by atoms with van der Waals surface area (Å²) in [4.78, 5) is 0. The third-order valence-electron chi connectivity index (χ3n) is 7.40. The van der Waals surface area contributed by atoms with Crippen LogP contribution in [0.25, 0.3) is 0 Å². The maximum atomic E-state index is 9.64. The second-order valence-electron chi connectivity index (χ2n) is 10.1. The molecule has 1 aromatic carbocycles. The molecule has 6 N–H and O–H groups in total. The molecule has 1 aliphatic carbocycles. The summed E-state index contributed by atoms with van der Waals surface area (Å²) in [6.45, 7) is 7.88. The third kappa shape index (κ3) is 8.53. The highest BCUT2D eigenvalue weighted by Gasteiger charge is 2.43. The van der Waals surface area contributed by atoms with Gasteiger partial charge < -0.3 is 31.1 Å². The second kappa shape index (κ2) is 16.1. The van der Waals surface area contributed by atoms with Crippen molar-refractivity contribution < 1.29 is 24.6 Å². The average Bonchev–Trinajstić information content (AvgIpc) is 2.91. The van der Waals surface area contributed by atoms with E-state index in [1.54, 1.807) is 7.11 Å². The van der Waals surface area contributed by atoms with Crippen molar-refractivity contribution in [1.82, 2.24) is 0 Å². The van der Waals surface area contributed by atoms with Crippen LogP contribution in [0.1, 0.15) is 58.8 Å². The smallest absolute Gasteiger partial charge is 0.156 e. The average molecular weight is 520 g/mol. The summed E-state index contributed by atoms with van der Waals surface area (Å²) in [5, 5.41) is 34.5. The van der Waals surface area contributed by atoms with E-state index in [1.807, 2.05) is 13.0 Å². The van der Waals surface area contributed by atoms with Gasteiger partial charge >= 0.3 is 0 Å². The molecule has 0 radical (unpaired) electrons. The summed E-state index contributed by atoms with van der Waals surface area (Å²) in [6.07, 6.45) is 12.1. The van der Waals surface area contributed by atoms with E-state index in [4.69, 9.17) is 10.5 Å². The maximum absolute atomic E-state index is 9.64. The molecule has 2 rings (SSSR count). The van der Waals surface area contributed by atoms with Gasteiger partial charge in [-0.25, -0.2) is 5.01 Å². The van der Waals surface area contributed by atoms with Gasteiger partial charge in [0.2, 0.25) is 0 Å². The zero-order valence-corrected chi connectivity index (χ0v) is 23.2. The lowest BCUT2D eigenvalue weighted by molar-refractivity contribution is -0.899. The van der Waals surface area contributed by atoms with E-state index in [0.717, 1.165) is 88.2 Å². The van der Waals surface area contributed by atoms with E-state index in [1.165, 1.54) is 0 Å². The maximum Gasteiger partial charge on any atom is 0.156 e. The monoisotopic (exact) mass is 519 g/mol. The lowest BCUT2D eigenvalue weighted by atomic mass is 9.90. The second-order valence-corrected chi connectivity index (χ2v) is 10.1. The molecule has 0 saturated heterocycles. The van der Waals surface area contributed by atoms with Gasteiger partial charge in [0.25, 0.3) is 0 Å². The molecule has 0 saturated carbocycles. The van der Waals surface area contributed by atoms with Crippen LogP contribution in [0, 0.1) is 0 Å². The van der Waals surface area contributed by atoms with E-state index in [0.29, 0.717) is 4.59 Å². The molecule has 3 atom stereocenters. The van der Waals surface area contributed by atoms with E-state index in [9.17, 15) is 15.3 Å². The summed E-state index contributed by atoms with van der Waals surface area (Å²) in [6, 6.07) is 8.31. The van der Waals surface area contributed by atoms with Gasteiger partial charge in [-0.15, -0.1) is 0 Å². The predicted molar refractivity (Wildman–Crippen MR) is 152 cm³/mol. The molecule has 0 heterocycles. The summed E-state index contributed by atoms with van der Waals surface area (Å²) in [7, 11) is 1.70. The summed E-state index contributed by atoms with van der Waals surface area (Å²) in [5.74, 6) is 0. The van der Waals surface area contributed by atoms with E-state index in [2.05, 4.69) is 53.7 Å². The highest BCUT2D eigenvalue weighted by molar-refractivity contribution is 5.54. The van der Waals surface area contributed by atoms with Gasteiger partial charge in [-0.1, -0.05) is 6.08 Å². The number of nitrogens with zero attached hydrogens (tertiary/aromatic N) is 2. The fraction of sp³-hybridized carbons (Fsp3) is 0.655. The highest BCUT2D eigenvalue weighted by atomic mass is 16.5. The number of rotatable bonds is 19. The first-order chi connectivity index (χ1) is 17.9. The molecule has 8 nitrogen and oxygen atoms in total.